The molecule has 0 bridgehead atoms. The van der Waals surface area contributed by atoms with Crippen molar-refractivity contribution in [1.82, 2.24) is 14.5 Å². The maximum absolute atomic E-state index is 13.2. The van der Waals surface area contributed by atoms with Crippen molar-refractivity contribution in [2.75, 3.05) is 19.0 Å². The third-order valence-corrected chi connectivity index (χ3v) is 4.84. The molecule has 4 rings (SSSR count). The summed E-state index contributed by atoms with van der Waals surface area (Å²) < 4.78 is 1.64. The summed E-state index contributed by atoms with van der Waals surface area (Å²) in [7, 11) is 3.98. The monoisotopic (exact) mass is 398 g/mol. The lowest BCUT2D eigenvalue weighted by molar-refractivity contribution is 0.476. The van der Waals surface area contributed by atoms with Crippen molar-refractivity contribution in [3.8, 4) is 5.75 Å². The van der Waals surface area contributed by atoms with Crippen LogP contribution in [0.25, 0.3) is 23.2 Å². The summed E-state index contributed by atoms with van der Waals surface area (Å²) in [4.78, 5) is 24.0. The summed E-state index contributed by atoms with van der Waals surface area (Å²) in [5.41, 5.74) is 4.14. The minimum absolute atomic E-state index is 0.104. The summed E-state index contributed by atoms with van der Waals surface area (Å²) >= 11 is 0. The van der Waals surface area contributed by atoms with Crippen molar-refractivity contribution in [2.45, 2.75) is 6.54 Å². The van der Waals surface area contributed by atoms with Gasteiger partial charge in [-0.3, -0.25) is 14.3 Å². The summed E-state index contributed by atoms with van der Waals surface area (Å²) in [6, 6.07) is 18.4. The molecule has 4 aromatic rings. The van der Waals surface area contributed by atoms with Crippen LogP contribution in [-0.4, -0.2) is 33.7 Å². The van der Waals surface area contributed by atoms with Crippen molar-refractivity contribution < 1.29 is 5.11 Å². The summed E-state index contributed by atoms with van der Waals surface area (Å²) in [6.45, 7) is 0.321. The van der Waals surface area contributed by atoms with E-state index in [9.17, 15) is 9.90 Å². The molecule has 0 saturated heterocycles. The fraction of sp³-hybridized carbons (Fsp3) is 0.125. The van der Waals surface area contributed by atoms with Crippen LogP contribution in [0.15, 0.2) is 71.7 Å². The van der Waals surface area contributed by atoms with Crippen LogP contribution >= 0.6 is 0 Å². The largest absolute Gasteiger partial charge is 0.508 e. The molecule has 0 amide bonds. The molecule has 0 aliphatic carbocycles. The van der Waals surface area contributed by atoms with Crippen LogP contribution in [-0.2, 0) is 6.54 Å². The second kappa shape index (κ2) is 8.21. The Morgan fingerprint density at radius 2 is 1.83 bits per heavy atom. The van der Waals surface area contributed by atoms with E-state index in [4.69, 9.17) is 0 Å². The third kappa shape index (κ3) is 4.07. The van der Waals surface area contributed by atoms with Crippen LogP contribution in [0.5, 0.6) is 5.75 Å². The maximum Gasteiger partial charge on any atom is 0.277 e. The molecule has 0 atom stereocenters. The zero-order chi connectivity index (χ0) is 21.1. The van der Waals surface area contributed by atoms with Crippen molar-refractivity contribution >= 4 is 28.9 Å². The molecule has 0 aliphatic rings. The number of aromatic nitrogens is 3. The number of hydrogen-bond acceptors (Lipinski definition) is 5. The first-order valence-electron chi connectivity index (χ1n) is 9.60. The Morgan fingerprint density at radius 1 is 1.03 bits per heavy atom. The molecule has 0 radical (unpaired) electrons. The zero-order valence-corrected chi connectivity index (χ0v) is 16.9. The van der Waals surface area contributed by atoms with E-state index in [0.29, 0.717) is 23.3 Å². The molecular formula is C24H22N4O2. The average Bonchev–Trinajstić information content (AvgIpc) is 2.75. The van der Waals surface area contributed by atoms with E-state index < -0.39 is 0 Å². The lowest BCUT2D eigenvalue weighted by Crippen LogP contribution is -2.25. The van der Waals surface area contributed by atoms with Crippen LogP contribution in [0, 0.1) is 0 Å². The second-order valence-electron chi connectivity index (χ2n) is 7.20. The molecular weight excluding hydrogens is 376 g/mol. The highest BCUT2D eigenvalue weighted by Gasteiger charge is 2.11. The predicted octanol–water partition coefficient (Wildman–Crippen LogP) is 3.78. The van der Waals surface area contributed by atoms with Crippen LogP contribution < -0.4 is 10.5 Å². The molecule has 0 aliphatic heterocycles. The van der Waals surface area contributed by atoms with Gasteiger partial charge in [0.15, 0.2) is 0 Å². The number of phenols is 1. The Bertz CT molecular complexity index is 1260. The fourth-order valence-electron chi connectivity index (χ4n) is 3.23. The molecule has 0 saturated carbocycles. The normalized spacial score (nSPS) is 11.3. The number of anilines is 1. The van der Waals surface area contributed by atoms with Crippen molar-refractivity contribution in [1.29, 1.82) is 0 Å². The molecule has 150 valence electrons. The van der Waals surface area contributed by atoms with E-state index in [1.807, 2.05) is 67.5 Å². The van der Waals surface area contributed by atoms with Gasteiger partial charge < -0.3 is 10.0 Å². The molecule has 6 heteroatoms. The van der Waals surface area contributed by atoms with Gasteiger partial charge in [0, 0.05) is 32.0 Å². The standard InChI is InChI=1S/C24H22N4O2/c1-27(2)19-9-6-17(7-10-19)8-12-21-24(30)28(16-18-5-3-4-14-25-18)23-13-11-20(29)15-22(23)26-21/h3-15,29H,16H2,1-2H3/b12-8+. The SMILES string of the molecule is CN(C)c1ccc(/C=C/c2nc3cc(O)ccc3n(Cc3ccccn3)c2=O)cc1. The maximum atomic E-state index is 13.2. The van der Waals surface area contributed by atoms with E-state index in [1.54, 1.807) is 35.0 Å². The Hall–Kier alpha value is -3.93. The highest BCUT2D eigenvalue weighted by atomic mass is 16.3. The highest BCUT2D eigenvalue weighted by molar-refractivity contribution is 5.79. The first kappa shape index (κ1) is 19.4. The van der Waals surface area contributed by atoms with Crippen molar-refractivity contribution in [3.05, 3.63) is 94.2 Å². The topological polar surface area (TPSA) is 71.2 Å². The average molecular weight is 398 g/mol. The number of rotatable bonds is 5. The summed E-state index contributed by atoms with van der Waals surface area (Å²) in [6.07, 6.45) is 5.28. The van der Waals surface area contributed by atoms with Gasteiger partial charge in [0.25, 0.3) is 5.56 Å². The van der Waals surface area contributed by atoms with Crippen molar-refractivity contribution in [2.24, 2.45) is 0 Å². The lowest BCUT2D eigenvalue weighted by Gasteiger charge is -2.12. The second-order valence-corrected chi connectivity index (χ2v) is 7.20. The number of pyridine rings is 1. The van der Waals surface area contributed by atoms with E-state index in [-0.39, 0.29) is 11.3 Å². The first-order chi connectivity index (χ1) is 14.5. The highest BCUT2D eigenvalue weighted by Crippen LogP contribution is 2.19. The van der Waals surface area contributed by atoms with Gasteiger partial charge in [-0.1, -0.05) is 24.3 Å². The Kier molecular flexibility index (Phi) is 5.30. The fourth-order valence-corrected chi connectivity index (χ4v) is 3.23. The van der Waals surface area contributed by atoms with Crippen LogP contribution in [0.3, 0.4) is 0 Å². The number of hydrogen-bond donors (Lipinski definition) is 1. The lowest BCUT2D eigenvalue weighted by atomic mass is 10.1. The van der Waals surface area contributed by atoms with E-state index in [0.717, 1.165) is 16.9 Å². The van der Waals surface area contributed by atoms with Crippen molar-refractivity contribution in [3.63, 3.8) is 0 Å². The Labute approximate surface area is 174 Å². The van der Waals surface area contributed by atoms with E-state index in [2.05, 4.69) is 9.97 Å². The number of phenolic OH excluding ortho intramolecular Hbond substituents is 1. The van der Waals surface area contributed by atoms with Gasteiger partial charge in [-0.15, -0.1) is 0 Å². The predicted molar refractivity (Wildman–Crippen MR) is 121 cm³/mol. The molecule has 2 heterocycles. The molecule has 0 fully saturated rings. The van der Waals surface area contributed by atoms with Gasteiger partial charge in [0.05, 0.1) is 23.3 Å². The number of fused-ring (bicyclic) bond motifs is 1. The van der Waals surface area contributed by atoms with Gasteiger partial charge >= 0.3 is 0 Å². The number of nitrogens with zero attached hydrogens (tertiary/aromatic N) is 4. The molecule has 1 N–H and O–H groups in total. The molecule has 0 unspecified atom stereocenters. The molecule has 2 aromatic carbocycles. The zero-order valence-electron chi connectivity index (χ0n) is 16.9. The van der Waals surface area contributed by atoms with E-state index >= 15 is 0 Å². The van der Waals surface area contributed by atoms with Gasteiger partial charge in [-0.25, -0.2) is 4.98 Å². The van der Waals surface area contributed by atoms with Crippen LogP contribution in [0.1, 0.15) is 17.0 Å². The number of aromatic hydroxyl groups is 1. The minimum atomic E-state index is -0.208. The first-order valence-corrected chi connectivity index (χ1v) is 9.60. The molecule has 2 aromatic heterocycles. The smallest absolute Gasteiger partial charge is 0.277 e. The quantitative estimate of drug-likeness (QED) is 0.554. The molecule has 30 heavy (non-hydrogen) atoms. The summed E-state index contributed by atoms with van der Waals surface area (Å²) in [5, 5.41) is 9.89. The number of benzene rings is 2. The Morgan fingerprint density at radius 3 is 2.53 bits per heavy atom. The van der Waals surface area contributed by atoms with Crippen LogP contribution in [0.4, 0.5) is 5.69 Å². The van der Waals surface area contributed by atoms with Gasteiger partial charge in [0.2, 0.25) is 0 Å². The summed E-state index contributed by atoms with van der Waals surface area (Å²) in [5.74, 6) is 0.104. The van der Waals surface area contributed by atoms with Crippen LogP contribution in [0.2, 0.25) is 0 Å². The van der Waals surface area contributed by atoms with Gasteiger partial charge in [0.1, 0.15) is 11.4 Å². The van der Waals surface area contributed by atoms with Gasteiger partial charge in [-0.05, 0) is 48.0 Å². The minimum Gasteiger partial charge on any atom is -0.508 e. The third-order valence-electron chi connectivity index (χ3n) is 4.84. The van der Waals surface area contributed by atoms with E-state index in [1.165, 1.54) is 0 Å². The Balaban J connectivity index is 1.77. The molecule has 0 spiro atoms. The molecule has 6 nitrogen and oxygen atoms in total. The van der Waals surface area contributed by atoms with Gasteiger partial charge in [-0.2, -0.15) is 0 Å².